The number of hydrogen-bond acceptors (Lipinski definition) is 3. The van der Waals surface area contributed by atoms with Crippen LogP contribution in [0.25, 0.3) is 11.3 Å². The van der Waals surface area contributed by atoms with Crippen molar-refractivity contribution in [2.75, 3.05) is 0 Å². The van der Waals surface area contributed by atoms with Crippen molar-refractivity contribution < 1.29 is 9.21 Å². The summed E-state index contributed by atoms with van der Waals surface area (Å²) in [6, 6.07) is 10.8. The van der Waals surface area contributed by atoms with Crippen molar-refractivity contribution in [2.45, 2.75) is 19.5 Å². The van der Waals surface area contributed by atoms with E-state index in [9.17, 15) is 4.79 Å². The predicted octanol–water partition coefficient (Wildman–Crippen LogP) is 2.56. The molecule has 5 heteroatoms. The fourth-order valence-corrected chi connectivity index (χ4v) is 1.72. The Morgan fingerprint density at radius 2 is 2.00 bits per heavy atom. The number of rotatable bonds is 5. The largest absolute Gasteiger partial charge is 0.460 e. The average Bonchev–Trinajstić information content (AvgIpc) is 2.85. The maximum Gasteiger partial charge on any atom is 0.234 e. The summed E-state index contributed by atoms with van der Waals surface area (Å²) in [4.78, 5) is 10.9. The second-order valence-corrected chi connectivity index (χ2v) is 4.71. The van der Waals surface area contributed by atoms with Crippen LogP contribution in [0.5, 0.6) is 0 Å². The van der Waals surface area contributed by atoms with Gasteiger partial charge in [0, 0.05) is 10.6 Å². The number of primary amides is 1. The van der Waals surface area contributed by atoms with Gasteiger partial charge in [0.1, 0.15) is 11.5 Å². The quantitative estimate of drug-likeness (QED) is 0.883. The van der Waals surface area contributed by atoms with Crippen LogP contribution in [0.4, 0.5) is 0 Å². The summed E-state index contributed by atoms with van der Waals surface area (Å²) in [6.07, 6.45) is 0. The third kappa shape index (κ3) is 3.59. The molecule has 4 nitrogen and oxygen atoms in total. The number of nitrogens with one attached hydrogen (secondary N) is 1. The fraction of sp³-hybridized carbons (Fsp3) is 0.214. The van der Waals surface area contributed by atoms with Gasteiger partial charge in [-0.25, -0.2) is 0 Å². The Balaban J connectivity index is 2.03. The number of hydrogen-bond donors (Lipinski definition) is 2. The molecule has 0 fully saturated rings. The lowest BCUT2D eigenvalue weighted by molar-refractivity contribution is -0.119. The van der Waals surface area contributed by atoms with Crippen molar-refractivity contribution in [1.29, 1.82) is 0 Å². The zero-order valence-electron chi connectivity index (χ0n) is 10.5. The van der Waals surface area contributed by atoms with Crippen LogP contribution >= 0.6 is 11.6 Å². The summed E-state index contributed by atoms with van der Waals surface area (Å²) in [6.45, 7) is 2.17. The predicted molar refractivity (Wildman–Crippen MR) is 74.7 cm³/mol. The molecule has 0 saturated heterocycles. The second kappa shape index (κ2) is 5.91. The van der Waals surface area contributed by atoms with Gasteiger partial charge in [0.15, 0.2) is 0 Å². The number of furan rings is 1. The molecule has 0 unspecified atom stereocenters. The van der Waals surface area contributed by atoms with E-state index < -0.39 is 0 Å². The smallest absolute Gasteiger partial charge is 0.234 e. The van der Waals surface area contributed by atoms with Gasteiger partial charge >= 0.3 is 0 Å². The molecule has 0 aliphatic rings. The van der Waals surface area contributed by atoms with Gasteiger partial charge in [-0.05, 0) is 43.3 Å². The third-order valence-corrected chi connectivity index (χ3v) is 3.05. The second-order valence-electron chi connectivity index (χ2n) is 4.28. The zero-order chi connectivity index (χ0) is 13.8. The Kier molecular flexibility index (Phi) is 4.24. The third-order valence-electron chi connectivity index (χ3n) is 2.80. The number of benzene rings is 1. The summed E-state index contributed by atoms with van der Waals surface area (Å²) in [5, 5.41) is 3.67. The van der Waals surface area contributed by atoms with E-state index in [1.807, 2.05) is 36.4 Å². The van der Waals surface area contributed by atoms with Gasteiger partial charge in [-0.2, -0.15) is 0 Å². The lowest BCUT2D eigenvalue weighted by Crippen LogP contribution is -2.38. The molecule has 1 atom stereocenters. The zero-order valence-corrected chi connectivity index (χ0v) is 11.3. The summed E-state index contributed by atoms with van der Waals surface area (Å²) >= 11 is 5.83. The Bertz CT molecular complexity index is 563. The molecule has 3 N–H and O–H groups in total. The van der Waals surface area contributed by atoms with Crippen molar-refractivity contribution in [3.05, 3.63) is 47.2 Å². The standard InChI is InChI=1S/C14H15ClN2O2/c1-9(14(16)18)17-8-12-6-7-13(19-12)10-2-4-11(15)5-3-10/h2-7,9,17H,8H2,1H3,(H2,16,18)/t9-/m0/s1. The molecular weight excluding hydrogens is 264 g/mol. The summed E-state index contributed by atoms with van der Waals surface area (Å²) in [5.74, 6) is 1.13. The van der Waals surface area contributed by atoms with Crippen LogP contribution in [0.3, 0.4) is 0 Å². The van der Waals surface area contributed by atoms with E-state index >= 15 is 0 Å². The van der Waals surface area contributed by atoms with Gasteiger partial charge in [-0.15, -0.1) is 0 Å². The molecule has 1 amide bonds. The van der Waals surface area contributed by atoms with Gasteiger partial charge in [-0.3, -0.25) is 10.1 Å². The average molecular weight is 279 g/mol. The number of nitrogens with two attached hydrogens (primary N) is 1. The summed E-state index contributed by atoms with van der Waals surface area (Å²) in [5.41, 5.74) is 6.12. The van der Waals surface area contributed by atoms with Crippen molar-refractivity contribution >= 4 is 17.5 Å². The minimum atomic E-state index is -0.385. The highest BCUT2D eigenvalue weighted by Gasteiger charge is 2.09. The number of halogens is 1. The van der Waals surface area contributed by atoms with Crippen molar-refractivity contribution in [3.63, 3.8) is 0 Å². The van der Waals surface area contributed by atoms with Crippen LogP contribution in [-0.2, 0) is 11.3 Å². The maximum atomic E-state index is 10.9. The van der Waals surface area contributed by atoms with Gasteiger partial charge in [0.05, 0.1) is 12.6 Å². The van der Waals surface area contributed by atoms with Gasteiger partial charge in [0.2, 0.25) is 5.91 Å². The molecule has 0 bridgehead atoms. The highest BCUT2D eigenvalue weighted by atomic mass is 35.5. The number of amides is 1. The van der Waals surface area contributed by atoms with Crippen LogP contribution < -0.4 is 11.1 Å². The molecule has 100 valence electrons. The molecule has 0 saturated carbocycles. The molecule has 19 heavy (non-hydrogen) atoms. The molecule has 1 aromatic carbocycles. The van der Waals surface area contributed by atoms with E-state index in [-0.39, 0.29) is 11.9 Å². The number of carbonyl (C=O) groups excluding carboxylic acids is 1. The van der Waals surface area contributed by atoms with Gasteiger partial charge in [0.25, 0.3) is 0 Å². The summed E-state index contributed by atoms with van der Waals surface area (Å²) < 4.78 is 5.68. The first kappa shape index (κ1) is 13.6. The lowest BCUT2D eigenvalue weighted by Gasteiger charge is -2.07. The van der Waals surface area contributed by atoms with E-state index in [0.29, 0.717) is 11.6 Å². The normalized spacial score (nSPS) is 12.3. The van der Waals surface area contributed by atoms with Crippen LogP contribution in [0.15, 0.2) is 40.8 Å². The van der Waals surface area contributed by atoms with Crippen LogP contribution in [0.1, 0.15) is 12.7 Å². The van der Waals surface area contributed by atoms with Crippen molar-refractivity contribution in [1.82, 2.24) is 5.32 Å². The van der Waals surface area contributed by atoms with Crippen LogP contribution in [0.2, 0.25) is 5.02 Å². The van der Waals surface area contributed by atoms with Gasteiger partial charge < -0.3 is 10.2 Å². The Morgan fingerprint density at radius 1 is 1.32 bits per heavy atom. The highest BCUT2D eigenvalue weighted by molar-refractivity contribution is 6.30. The lowest BCUT2D eigenvalue weighted by atomic mass is 10.2. The highest BCUT2D eigenvalue weighted by Crippen LogP contribution is 2.23. The van der Waals surface area contributed by atoms with E-state index in [1.165, 1.54) is 0 Å². The van der Waals surface area contributed by atoms with E-state index in [4.69, 9.17) is 21.8 Å². The molecule has 0 aliphatic heterocycles. The monoisotopic (exact) mass is 278 g/mol. The Morgan fingerprint density at radius 3 is 2.63 bits per heavy atom. The van der Waals surface area contributed by atoms with E-state index in [2.05, 4.69) is 5.32 Å². The summed E-state index contributed by atoms with van der Waals surface area (Å²) in [7, 11) is 0. The molecule has 0 spiro atoms. The van der Waals surface area contributed by atoms with Gasteiger partial charge in [-0.1, -0.05) is 11.6 Å². The topological polar surface area (TPSA) is 68.3 Å². The molecule has 1 aromatic heterocycles. The Hall–Kier alpha value is -1.78. The van der Waals surface area contributed by atoms with Crippen molar-refractivity contribution in [2.24, 2.45) is 5.73 Å². The molecule has 0 radical (unpaired) electrons. The molecule has 2 rings (SSSR count). The Labute approximate surface area is 116 Å². The molecule has 1 heterocycles. The van der Waals surface area contributed by atoms with Crippen LogP contribution in [-0.4, -0.2) is 11.9 Å². The minimum absolute atomic E-state index is 0.385. The molecule has 0 aliphatic carbocycles. The number of carbonyl (C=O) groups is 1. The first-order valence-electron chi connectivity index (χ1n) is 5.93. The minimum Gasteiger partial charge on any atom is -0.460 e. The maximum absolute atomic E-state index is 10.9. The SMILES string of the molecule is C[C@H](NCc1ccc(-c2ccc(Cl)cc2)o1)C(N)=O. The van der Waals surface area contributed by atoms with Crippen molar-refractivity contribution in [3.8, 4) is 11.3 Å². The molecular formula is C14H15ClN2O2. The van der Waals surface area contributed by atoms with Crippen LogP contribution in [0, 0.1) is 0 Å². The molecule has 2 aromatic rings. The first-order chi connectivity index (χ1) is 9.06. The van der Waals surface area contributed by atoms with E-state index in [1.54, 1.807) is 6.92 Å². The first-order valence-corrected chi connectivity index (χ1v) is 6.31. The fourth-order valence-electron chi connectivity index (χ4n) is 1.60. The van der Waals surface area contributed by atoms with E-state index in [0.717, 1.165) is 17.1 Å².